The second-order valence-electron chi connectivity index (χ2n) is 4.75. The van der Waals surface area contributed by atoms with Gasteiger partial charge in [-0.3, -0.25) is 4.79 Å². The van der Waals surface area contributed by atoms with Gasteiger partial charge < -0.3 is 4.43 Å². The molecule has 0 bridgehead atoms. The molecule has 1 saturated heterocycles. The van der Waals surface area contributed by atoms with Gasteiger partial charge in [0.25, 0.3) is 5.97 Å². The van der Waals surface area contributed by atoms with E-state index in [1.54, 1.807) is 0 Å². The van der Waals surface area contributed by atoms with Crippen molar-refractivity contribution in [3.63, 3.8) is 0 Å². The SMILES string of the molecule is CC1(C)CC(=O)O[Si](C)(C)C1. The first-order chi connectivity index (χ1) is 4.81. The van der Waals surface area contributed by atoms with Gasteiger partial charge in [0.15, 0.2) is 0 Å². The molecule has 0 N–H and O–H groups in total. The molecular weight excluding hydrogens is 156 g/mol. The van der Waals surface area contributed by atoms with Crippen LogP contribution in [0.5, 0.6) is 0 Å². The minimum absolute atomic E-state index is 0.00193. The van der Waals surface area contributed by atoms with Crippen LogP contribution in [-0.4, -0.2) is 14.3 Å². The fourth-order valence-corrected chi connectivity index (χ4v) is 5.18. The molecule has 1 fully saturated rings. The maximum Gasteiger partial charge on any atom is 0.293 e. The van der Waals surface area contributed by atoms with Crippen LogP contribution in [0.15, 0.2) is 0 Å². The highest BCUT2D eigenvalue weighted by molar-refractivity contribution is 6.73. The molecule has 0 saturated carbocycles. The van der Waals surface area contributed by atoms with E-state index in [1.165, 1.54) is 0 Å². The lowest BCUT2D eigenvalue weighted by Gasteiger charge is -2.37. The van der Waals surface area contributed by atoms with Gasteiger partial charge in [0, 0.05) is 6.42 Å². The Balaban J connectivity index is 2.74. The lowest BCUT2D eigenvalue weighted by atomic mass is 9.92. The lowest BCUT2D eigenvalue weighted by Crippen LogP contribution is -2.44. The Bertz CT molecular complexity index is 167. The van der Waals surface area contributed by atoms with Gasteiger partial charge in [0.1, 0.15) is 0 Å². The maximum atomic E-state index is 11.1. The molecule has 11 heavy (non-hydrogen) atoms. The van der Waals surface area contributed by atoms with Crippen molar-refractivity contribution >= 4 is 14.3 Å². The largest absolute Gasteiger partial charge is 0.520 e. The second-order valence-corrected chi connectivity index (χ2v) is 8.83. The molecule has 0 aliphatic carbocycles. The summed E-state index contributed by atoms with van der Waals surface area (Å²) in [5, 5.41) is 0. The minimum Gasteiger partial charge on any atom is -0.520 e. The third-order valence-corrected chi connectivity index (χ3v) is 4.51. The van der Waals surface area contributed by atoms with Crippen LogP contribution in [-0.2, 0) is 9.22 Å². The Kier molecular flexibility index (Phi) is 1.87. The topological polar surface area (TPSA) is 26.3 Å². The predicted molar refractivity (Wildman–Crippen MR) is 46.8 cm³/mol. The van der Waals surface area contributed by atoms with Crippen LogP contribution in [0.2, 0.25) is 19.1 Å². The summed E-state index contributed by atoms with van der Waals surface area (Å²) in [5.41, 5.74) is 0.172. The summed E-state index contributed by atoms with van der Waals surface area (Å²) in [6.45, 7) is 8.49. The van der Waals surface area contributed by atoms with Gasteiger partial charge in [0.05, 0.1) is 0 Å². The first-order valence-electron chi connectivity index (χ1n) is 4.03. The fraction of sp³-hybridized carbons (Fsp3) is 0.875. The summed E-state index contributed by atoms with van der Waals surface area (Å²) < 4.78 is 5.31. The summed E-state index contributed by atoms with van der Waals surface area (Å²) in [4.78, 5) is 11.1. The summed E-state index contributed by atoms with van der Waals surface area (Å²) in [5.74, 6) is -0.00193. The van der Waals surface area contributed by atoms with E-state index in [0.717, 1.165) is 6.04 Å². The molecule has 1 aliphatic heterocycles. The second kappa shape index (κ2) is 2.34. The van der Waals surface area contributed by atoms with Crippen molar-refractivity contribution in [2.45, 2.75) is 39.4 Å². The lowest BCUT2D eigenvalue weighted by molar-refractivity contribution is -0.139. The predicted octanol–water partition coefficient (Wildman–Crippen LogP) is 2.16. The molecule has 0 amide bonds. The molecule has 0 atom stereocenters. The Morgan fingerprint density at radius 3 is 2.36 bits per heavy atom. The summed E-state index contributed by atoms with van der Waals surface area (Å²) in [6.07, 6.45) is 0.587. The van der Waals surface area contributed by atoms with Crippen molar-refractivity contribution in [3.8, 4) is 0 Å². The number of carbonyl (C=O) groups excluding carboxylic acids is 1. The van der Waals surface area contributed by atoms with Crippen LogP contribution in [0.4, 0.5) is 0 Å². The summed E-state index contributed by atoms with van der Waals surface area (Å²) in [6, 6.07) is 1.09. The molecule has 0 radical (unpaired) electrons. The van der Waals surface area contributed by atoms with Crippen molar-refractivity contribution < 1.29 is 9.22 Å². The van der Waals surface area contributed by atoms with Crippen LogP contribution in [0, 0.1) is 5.41 Å². The van der Waals surface area contributed by atoms with Gasteiger partial charge in [-0.2, -0.15) is 0 Å². The third kappa shape index (κ3) is 2.33. The average Bonchev–Trinajstić information content (AvgIpc) is 1.49. The third-order valence-electron chi connectivity index (χ3n) is 1.92. The van der Waals surface area contributed by atoms with Gasteiger partial charge in [-0.25, -0.2) is 0 Å². The molecule has 1 aliphatic rings. The summed E-state index contributed by atoms with van der Waals surface area (Å²) >= 11 is 0. The van der Waals surface area contributed by atoms with E-state index >= 15 is 0 Å². The smallest absolute Gasteiger partial charge is 0.293 e. The van der Waals surface area contributed by atoms with Crippen molar-refractivity contribution in [3.05, 3.63) is 0 Å². The van der Waals surface area contributed by atoms with Crippen LogP contribution < -0.4 is 0 Å². The molecule has 0 unspecified atom stereocenters. The molecule has 0 aromatic rings. The Hall–Kier alpha value is -0.313. The van der Waals surface area contributed by atoms with Crippen LogP contribution in [0.1, 0.15) is 20.3 Å². The zero-order chi connectivity index (χ0) is 8.70. The molecule has 0 aromatic heterocycles. The molecule has 2 nitrogen and oxygen atoms in total. The Labute approximate surface area is 69.1 Å². The van der Waals surface area contributed by atoms with Gasteiger partial charge in [-0.05, 0) is 24.6 Å². The fourth-order valence-electron chi connectivity index (χ4n) is 1.99. The molecule has 1 rings (SSSR count). The monoisotopic (exact) mass is 172 g/mol. The number of hydrogen-bond donors (Lipinski definition) is 0. The number of rotatable bonds is 0. The van der Waals surface area contributed by atoms with E-state index in [9.17, 15) is 4.79 Å². The first kappa shape index (κ1) is 8.78. The van der Waals surface area contributed by atoms with Gasteiger partial charge in [-0.15, -0.1) is 0 Å². The Morgan fingerprint density at radius 1 is 1.45 bits per heavy atom. The number of carbonyl (C=O) groups is 1. The molecule has 1 heterocycles. The normalized spacial score (nSPS) is 27.8. The zero-order valence-electron chi connectivity index (χ0n) is 7.73. The zero-order valence-corrected chi connectivity index (χ0v) is 8.73. The average molecular weight is 172 g/mol. The Morgan fingerprint density at radius 2 is 2.00 bits per heavy atom. The van der Waals surface area contributed by atoms with E-state index in [0.29, 0.717) is 6.42 Å². The highest BCUT2D eigenvalue weighted by Crippen LogP contribution is 2.37. The van der Waals surface area contributed by atoms with E-state index in [2.05, 4.69) is 26.9 Å². The summed E-state index contributed by atoms with van der Waals surface area (Å²) in [7, 11) is -1.64. The maximum absolute atomic E-state index is 11.1. The molecule has 0 aromatic carbocycles. The van der Waals surface area contributed by atoms with Crippen LogP contribution in [0.25, 0.3) is 0 Å². The van der Waals surface area contributed by atoms with E-state index in [1.807, 2.05) is 0 Å². The highest BCUT2D eigenvalue weighted by atomic mass is 28.4. The molecule has 64 valence electrons. The van der Waals surface area contributed by atoms with E-state index in [-0.39, 0.29) is 11.4 Å². The first-order valence-corrected chi connectivity index (χ1v) is 7.14. The standard InChI is InChI=1S/C8H16O2Si/c1-8(2)5-7(9)10-11(3,4)6-8/h5-6H2,1-4H3. The van der Waals surface area contributed by atoms with E-state index in [4.69, 9.17) is 4.43 Å². The highest BCUT2D eigenvalue weighted by Gasteiger charge is 2.41. The van der Waals surface area contributed by atoms with Crippen molar-refractivity contribution in [2.75, 3.05) is 0 Å². The van der Waals surface area contributed by atoms with E-state index < -0.39 is 8.32 Å². The number of hydrogen-bond acceptors (Lipinski definition) is 2. The molecule has 3 heteroatoms. The van der Waals surface area contributed by atoms with Gasteiger partial charge in [0.2, 0.25) is 8.32 Å². The van der Waals surface area contributed by atoms with Crippen molar-refractivity contribution in [2.24, 2.45) is 5.41 Å². The van der Waals surface area contributed by atoms with Crippen LogP contribution >= 0.6 is 0 Å². The van der Waals surface area contributed by atoms with Gasteiger partial charge >= 0.3 is 0 Å². The van der Waals surface area contributed by atoms with Gasteiger partial charge in [-0.1, -0.05) is 13.8 Å². The molecular formula is C8H16O2Si. The van der Waals surface area contributed by atoms with Crippen LogP contribution in [0.3, 0.4) is 0 Å². The van der Waals surface area contributed by atoms with Crippen molar-refractivity contribution in [1.82, 2.24) is 0 Å². The minimum atomic E-state index is -1.64. The quantitative estimate of drug-likeness (QED) is 0.523. The van der Waals surface area contributed by atoms with Crippen molar-refractivity contribution in [1.29, 1.82) is 0 Å². The molecule has 0 spiro atoms.